The fourth-order valence-electron chi connectivity index (χ4n) is 3.80. The minimum Gasteiger partial charge on any atom is -0.373 e. The molecule has 21 heavy (non-hydrogen) atoms. The van der Waals surface area contributed by atoms with E-state index in [1.807, 2.05) is 6.07 Å². The third-order valence-corrected chi connectivity index (χ3v) is 5.13. The van der Waals surface area contributed by atoms with Gasteiger partial charge in [0.25, 0.3) is 0 Å². The number of amides is 1. The number of carbonyl (C=O) groups excluding carboxylic acids is 1. The zero-order valence-corrected chi connectivity index (χ0v) is 13.1. The number of para-hydroxylation sites is 1. The Bertz CT molecular complexity index is 514. The maximum absolute atomic E-state index is 12.5. The number of benzene rings is 1. The van der Waals surface area contributed by atoms with Crippen LogP contribution in [0, 0.1) is 11.8 Å². The second kappa shape index (κ2) is 6.08. The number of aryl methyl sites for hydroxylation is 1. The van der Waals surface area contributed by atoms with Crippen LogP contribution in [0.3, 0.4) is 0 Å². The predicted molar refractivity (Wildman–Crippen MR) is 86.3 cm³/mol. The molecule has 1 aliphatic carbocycles. The molecule has 1 fully saturated rings. The van der Waals surface area contributed by atoms with E-state index in [0.29, 0.717) is 12.0 Å². The van der Waals surface area contributed by atoms with Gasteiger partial charge in [0.1, 0.15) is 6.04 Å². The second-order valence-corrected chi connectivity index (χ2v) is 6.90. The highest BCUT2D eigenvalue weighted by atomic mass is 16.2. The molecule has 1 aliphatic heterocycles. The lowest BCUT2D eigenvalue weighted by molar-refractivity contribution is -0.123. The third kappa shape index (κ3) is 3.22. The quantitative estimate of drug-likeness (QED) is 0.875. The van der Waals surface area contributed by atoms with Crippen LogP contribution in [0.15, 0.2) is 24.3 Å². The maximum atomic E-state index is 12.5. The van der Waals surface area contributed by atoms with Crippen molar-refractivity contribution in [1.29, 1.82) is 0 Å². The molecule has 1 aromatic rings. The molecular formula is C18H26N2O. The van der Waals surface area contributed by atoms with Crippen molar-refractivity contribution in [3.63, 3.8) is 0 Å². The number of hydrogen-bond donors (Lipinski definition) is 2. The van der Waals surface area contributed by atoms with Gasteiger partial charge < -0.3 is 10.6 Å². The molecule has 1 amide bonds. The maximum Gasteiger partial charge on any atom is 0.242 e. The van der Waals surface area contributed by atoms with Gasteiger partial charge in [-0.25, -0.2) is 0 Å². The topological polar surface area (TPSA) is 41.1 Å². The Hall–Kier alpha value is -1.51. The summed E-state index contributed by atoms with van der Waals surface area (Å²) in [7, 11) is 0. The van der Waals surface area contributed by atoms with Crippen LogP contribution in [0.2, 0.25) is 0 Å². The van der Waals surface area contributed by atoms with Crippen LogP contribution < -0.4 is 10.6 Å². The van der Waals surface area contributed by atoms with Crippen LogP contribution in [0.25, 0.3) is 0 Å². The normalized spacial score (nSPS) is 31.9. The van der Waals surface area contributed by atoms with Crippen molar-refractivity contribution >= 4 is 11.6 Å². The molecule has 2 N–H and O–H groups in total. The minimum atomic E-state index is -0.0774. The first-order valence-electron chi connectivity index (χ1n) is 8.28. The Labute approximate surface area is 127 Å². The lowest BCUT2D eigenvalue weighted by Crippen LogP contribution is -2.49. The standard InChI is InChI=1S/C18H26N2O/c1-12-7-9-15(13(2)11-12)20-18(21)17-10-8-14-5-3-4-6-16(14)19-17/h3-6,12-13,15,17,19H,7-11H2,1-2H3,(H,20,21). The fraction of sp³-hybridized carbons (Fsp3) is 0.611. The van der Waals surface area contributed by atoms with Crippen molar-refractivity contribution < 1.29 is 4.79 Å². The molecule has 0 saturated heterocycles. The summed E-state index contributed by atoms with van der Waals surface area (Å²) in [6.07, 6.45) is 5.46. The van der Waals surface area contributed by atoms with Gasteiger partial charge >= 0.3 is 0 Å². The van der Waals surface area contributed by atoms with Gasteiger partial charge in [0.15, 0.2) is 0 Å². The molecule has 4 unspecified atom stereocenters. The highest BCUT2D eigenvalue weighted by Gasteiger charge is 2.30. The molecular weight excluding hydrogens is 260 g/mol. The lowest BCUT2D eigenvalue weighted by Gasteiger charge is -2.35. The van der Waals surface area contributed by atoms with E-state index >= 15 is 0 Å². The van der Waals surface area contributed by atoms with Gasteiger partial charge in [0.05, 0.1) is 0 Å². The summed E-state index contributed by atoms with van der Waals surface area (Å²) in [4.78, 5) is 12.5. The number of fused-ring (bicyclic) bond motifs is 1. The van der Waals surface area contributed by atoms with E-state index in [9.17, 15) is 4.79 Å². The summed E-state index contributed by atoms with van der Waals surface area (Å²) in [5.74, 6) is 1.57. The molecule has 1 heterocycles. The SMILES string of the molecule is CC1CCC(NC(=O)C2CCc3ccccc3N2)C(C)C1. The molecule has 2 aliphatic rings. The zero-order valence-electron chi connectivity index (χ0n) is 13.1. The molecule has 0 aromatic heterocycles. The largest absolute Gasteiger partial charge is 0.373 e. The van der Waals surface area contributed by atoms with E-state index < -0.39 is 0 Å². The molecule has 1 aromatic carbocycles. The van der Waals surface area contributed by atoms with Gasteiger partial charge in [-0.15, -0.1) is 0 Å². The van der Waals surface area contributed by atoms with Crippen molar-refractivity contribution in [3.8, 4) is 0 Å². The van der Waals surface area contributed by atoms with Crippen LogP contribution in [0.1, 0.15) is 45.1 Å². The molecule has 0 spiro atoms. The number of carbonyl (C=O) groups is 1. The number of rotatable bonds is 2. The van der Waals surface area contributed by atoms with Crippen molar-refractivity contribution in [3.05, 3.63) is 29.8 Å². The van der Waals surface area contributed by atoms with Gasteiger partial charge in [-0.2, -0.15) is 0 Å². The van der Waals surface area contributed by atoms with Crippen LogP contribution in [0.4, 0.5) is 5.69 Å². The van der Waals surface area contributed by atoms with E-state index in [1.54, 1.807) is 0 Å². The summed E-state index contributed by atoms with van der Waals surface area (Å²) in [5, 5.41) is 6.69. The van der Waals surface area contributed by atoms with E-state index in [4.69, 9.17) is 0 Å². The first-order chi connectivity index (χ1) is 10.1. The fourth-order valence-corrected chi connectivity index (χ4v) is 3.80. The first kappa shape index (κ1) is 14.4. The summed E-state index contributed by atoms with van der Waals surface area (Å²) < 4.78 is 0. The zero-order chi connectivity index (χ0) is 14.8. The minimum absolute atomic E-state index is 0.0774. The third-order valence-electron chi connectivity index (χ3n) is 5.13. The highest BCUT2D eigenvalue weighted by molar-refractivity contribution is 5.85. The Kier molecular flexibility index (Phi) is 4.18. The summed E-state index contributed by atoms with van der Waals surface area (Å²) >= 11 is 0. The molecule has 0 radical (unpaired) electrons. The second-order valence-electron chi connectivity index (χ2n) is 6.90. The molecule has 3 rings (SSSR count). The summed E-state index contributed by atoms with van der Waals surface area (Å²) in [6.45, 7) is 4.58. The van der Waals surface area contributed by atoms with Gasteiger partial charge in [-0.1, -0.05) is 32.0 Å². The van der Waals surface area contributed by atoms with Crippen LogP contribution in [-0.2, 0) is 11.2 Å². The Balaban J connectivity index is 1.59. The molecule has 1 saturated carbocycles. The summed E-state index contributed by atoms with van der Waals surface area (Å²) in [6, 6.07) is 8.57. The van der Waals surface area contributed by atoms with Gasteiger partial charge in [0.2, 0.25) is 5.91 Å². The molecule has 3 heteroatoms. The van der Waals surface area contributed by atoms with E-state index in [2.05, 4.69) is 42.7 Å². The van der Waals surface area contributed by atoms with Crippen LogP contribution in [0.5, 0.6) is 0 Å². The van der Waals surface area contributed by atoms with Crippen molar-refractivity contribution in [2.45, 2.75) is 58.0 Å². The van der Waals surface area contributed by atoms with Crippen molar-refractivity contribution in [1.82, 2.24) is 5.32 Å². The van der Waals surface area contributed by atoms with Crippen LogP contribution in [-0.4, -0.2) is 18.0 Å². The van der Waals surface area contributed by atoms with E-state index in [-0.39, 0.29) is 11.9 Å². The Morgan fingerprint density at radius 3 is 2.81 bits per heavy atom. The molecule has 4 atom stereocenters. The number of hydrogen-bond acceptors (Lipinski definition) is 2. The van der Waals surface area contributed by atoms with Crippen LogP contribution >= 0.6 is 0 Å². The predicted octanol–water partition coefficient (Wildman–Crippen LogP) is 3.35. The monoisotopic (exact) mass is 286 g/mol. The molecule has 0 bridgehead atoms. The Morgan fingerprint density at radius 2 is 2.00 bits per heavy atom. The van der Waals surface area contributed by atoms with Gasteiger partial charge in [-0.05, 0) is 55.6 Å². The van der Waals surface area contributed by atoms with Crippen molar-refractivity contribution in [2.75, 3.05) is 5.32 Å². The average molecular weight is 286 g/mol. The lowest BCUT2D eigenvalue weighted by atomic mass is 9.79. The smallest absolute Gasteiger partial charge is 0.242 e. The average Bonchev–Trinajstić information content (AvgIpc) is 2.49. The highest BCUT2D eigenvalue weighted by Crippen LogP contribution is 2.29. The Morgan fingerprint density at radius 1 is 1.19 bits per heavy atom. The van der Waals surface area contributed by atoms with Crippen molar-refractivity contribution in [2.24, 2.45) is 11.8 Å². The first-order valence-corrected chi connectivity index (χ1v) is 8.28. The van der Waals surface area contributed by atoms with Gasteiger partial charge in [0, 0.05) is 11.7 Å². The van der Waals surface area contributed by atoms with E-state index in [1.165, 1.54) is 18.4 Å². The summed E-state index contributed by atoms with van der Waals surface area (Å²) in [5.41, 5.74) is 2.44. The molecule has 3 nitrogen and oxygen atoms in total. The number of nitrogens with one attached hydrogen (secondary N) is 2. The van der Waals surface area contributed by atoms with Gasteiger partial charge in [-0.3, -0.25) is 4.79 Å². The molecule has 114 valence electrons. The van der Waals surface area contributed by atoms with E-state index in [0.717, 1.165) is 30.9 Å². The number of anilines is 1.